The van der Waals surface area contributed by atoms with Crippen LogP contribution in [0.15, 0.2) is 53.6 Å². The van der Waals surface area contributed by atoms with Crippen LogP contribution in [-0.4, -0.2) is 32.5 Å². The van der Waals surface area contributed by atoms with E-state index in [1.807, 2.05) is 76.5 Å². The molecule has 3 aromatic rings. The molecule has 1 aromatic carbocycles. The highest BCUT2D eigenvalue weighted by Gasteiger charge is 2.50. The average molecular weight is 486 g/mol. The minimum absolute atomic E-state index is 0.0673. The molecule has 0 atom stereocenters. The molecule has 3 heterocycles. The number of hydrogen-bond donors (Lipinski definition) is 1. The van der Waals surface area contributed by atoms with E-state index in [2.05, 4.69) is 5.10 Å². The molecule has 2 aromatic heterocycles. The Hall–Kier alpha value is -3.74. The standard InChI is InChI=1S/C29H32N4O3/c1-18(2)25-23(28(35)33(30-25)22-13-9-6-10-14-22)24-26(31-16-19(3)15-20(4)17-31)29(36)32(27(24)34)21-11-7-5-8-12-21/h6,9-10,13-18,21H,5,7-8,11-12H2,1-4H3/p+1. The number of imide groups is 1. The maximum Gasteiger partial charge on any atom is 0.327 e. The van der Waals surface area contributed by atoms with E-state index in [4.69, 9.17) is 0 Å². The van der Waals surface area contributed by atoms with Crippen LogP contribution in [0.4, 0.5) is 0 Å². The van der Waals surface area contributed by atoms with Crippen molar-refractivity contribution in [3.05, 3.63) is 81.5 Å². The molecule has 186 valence electrons. The van der Waals surface area contributed by atoms with E-state index in [0.717, 1.165) is 43.2 Å². The molecule has 0 radical (unpaired) electrons. The molecule has 1 aliphatic carbocycles. The summed E-state index contributed by atoms with van der Waals surface area (Å²) >= 11 is 0. The number of pyridine rings is 1. The number of H-pyrrole nitrogens is 1. The van der Waals surface area contributed by atoms with Gasteiger partial charge in [0.05, 0.1) is 11.3 Å². The molecule has 2 amide bonds. The number of carbonyl (C=O) groups is 2. The van der Waals surface area contributed by atoms with Gasteiger partial charge in [-0.05, 0) is 50.8 Å². The van der Waals surface area contributed by atoms with Gasteiger partial charge in [-0.1, -0.05) is 51.3 Å². The molecule has 1 saturated carbocycles. The third kappa shape index (κ3) is 4.02. The molecule has 1 N–H and O–H groups in total. The number of aryl methyl sites for hydroxylation is 2. The zero-order valence-corrected chi connectivity index (χ0v) is 21.4. The highest BCUT2D eigenvalue weighted by molar-refractivity contribution is 6.44. The Morgan fingerprint density at radius 1 is 0.917 bits per heavy atom. The van der Waals surface area contributed by atoms with Gasteiger partial charge in [0.2, 0.25) is 0 Å². The molecule has 5 rings (SSSR count). The maximum absolute atomic E-state index is 14.1. The highest BCUT2D eigenvalue weighted by Crippen LogP contribution is 2.36. The lowest BCUT2D eigenvalue weighted by atomic mass is 9.94. The SMILES string of the molecule is Cc1cc(C)c[n+](C2=C(c3c(C(C)C)[nH]n(-c4ccccc4)c3=O)C(=O)N(C3CCCCC3)C2=O)c1. The first kappa shape index (κ1) is 24.0. The molecule has 2 aliphatic rings. The molecular formula is C29H33N4O3+. The van der Waals surface area contributed by atoms with Crippen LogP contribution in [-0.2, 0) is 9.59 Å². The van der Waals surface area contributed by atoms with Gasteiger partial charge >= 0.3 is 5.91 Å². The second-order valence-electron chi connectivity index (χ2n) is 10.3. The molecule has 7 heteroatoms. The number of nitrogens with zero attached hydrogens (tertiary/aromatic N) is 3. The molecule has 36 heavy (non-hydrogen) atoms. The summed E-state index contributed by atoms with van der Waals surface area (Å²) in [6.45, 7) is 7.88. The van der Waals surface area contributed by atoms with Gasteiger partial charge in [0.15, 0.2) is 12.4 Å². The number of amides is 2. The lowest BCUT2D eigenvalue weighted by Gasteiger charge is -2.29. The van der Waals surface area contributed by atoms with E-state index in [1.54, 1.807) is 4.57 Å². The second-order valence-corrected chi connectivity index (χ2v) is 10.3. The van der Waals surface area contributed by atoms with Crippen molar-refractivity contribution in [2.75, 3.05) is 0 Å². The number of carbonyl (C=O) groups excluding carboxylic acids is 2. The molecule has 0 saturated heterocycles. The van der Waals surface area contributed by atoms with Gasteiger partial charge in [-0.2, -0.15) is 4.57 Å². The van der Waals surface area contributed by atoms with Crippen molar-refractivity contribution in [3.8, 4) is 5.69 Å². The summed E-state index contributed by atoms with van der Waals surface area (Å²) in [5.74, 6) is -0.757. The molecule has 0 bridgehead atoms. The number of aromatic amines is 1. The summed E-state index contributed by atoms with van der Waals surface area (Å²) in [5, 5.41) is 3.25. The van der Waals surface area contributed by atoms with Crippen LogP contribution in [0, 0.1) is 13.8 Å². The van der Waals surface area contributed by atoms with Crippen LogP contribution in [0.5, 0.6) is 0 Å². The molecule has 0 unspecified atom stereocenters. The van der Waals surface area contributed by atoms with Gasteiger partial charge in [0, 0.05) is 22.9 Å². The lowest BCUT2D eigenvalue weighted by Crippen LogP contribution is -2.45. The third-order valence-electron chi connectivity index (χ3n) is 7.19. The number of nitrogens with one attached hydrogen (secondary N) is 1. The van der Waals surface area contributed by atoms with Crippen LogP contribution in [0.3, 0.4) is 0 Å². The van der Waals surface area contributed by atoms with Crippen LogP contribution in [0.2, 0.25) is 0 Å². The van der Waals surface area contributed by atoms with E-state index in [0.29, 0.717) is 11.4 Å². The van der Waals surface area contributed by atoms with E-state index >= 15 is 0 Å². The minimum atomic E-state index is -0.369. The van der Waals surface area contributed by atoms with E-state index in [1.165, 1.54) is 9.58 Å². The third-order valence-corrected chi connectivity index (χ3v) is 7.19. The summed E-state index contributed by atoms with van der Waals surface area (Å²) in [6, 6.07) is 11.2. The topological polar surface area (TPSA) is 79.1 Å². The first-order valence-corrected chi connectivity index (χ1v) is 12.8. The Labute approximate surface area is 211 Å². The predicted molar refractivity (Wildman–Crippen MR) is 138 cm³/mol. The average Bonchev–Trinajstić information content (AvgIpc) is 3.32. The molecular weight excluding hydrogens is 452 g/mol. The largest absolute Gasteiger partial charge is 0.327 e. The fourth-order valence-corrected chi connectivity index (χ4v) is 5.58. The van der Waals surface area contributed by atoms with Gasteiger partial charge in [-0.25, -0.2) is 4.68 Å². The fourth-order valence-electron chi connectivity index (χ4n) is 5.58. The van der Waals surface area contributed by atoms with Crippen molar-refractivity contribution < 1.29 is 14.2 Å². The lowest BCUT2D eigenvalue weighted by molar-refractivity contribution is -0.577. The van der Waals surface area contributed by atoms with Crippen molar-refractivity contribution in [1.29, 1.82) is 0 Å². The summed E-state index contributed by atoms with van der Waals surface area (Å²) in [6.07, 6.45) is 8.41. The van der Waals surface area contributed by atoms with E-state index < -0.39 is 0 Å². The Morgan fingerprint density at radius 2 is 1.56 bits per heavy atom. The van der Waals surface area contributed by atoms with Crippen LogP contribution < -0.4 is 10.1 Å². The van der Waals surface area contributed by atoms with Crippen molar-refractivity contribution in [3.63, 3.8) is 0 Å². The Morgan fingerprint density at radius 3 is 2.17 bits per heavy atom. The normalized spacial score (nSPS) is 17.1. The first-order valence-electron chi connectivity index (χ1n) is 12.8. The maximum atomic E-state index is 14.1. The van der Waals surface area contributed by atoms with Crippen molar-refractivity contribution in [2.45, 2.75) is 71.8 Å². The van der Waals surface area contributed by atoms with E-state index in [9.17, 15) is 14.4 Å². The van der Waals surface area contributed by atoms with Gasteiger partial charge in [-0.3, -0.25) is 24.4 Å². The number of hydrogen-bond acceptors (Lipinski definition) is 3. The Balaban J connectivity index is 1.78. The highest BCUT2D eigenvalue weighted by atomic mass is 16.2. The van der Waals surface area contributed by atoms with Gasteiger partial charge in [0.1, 0.15) is 5.57 Å². The van der Waals surface area contributed by atoms with Crippen LogP contribution >= 0.6 is 0 Å². The molecule has 7 nitrogen and oxygen atoms in total. The number of benzene rings is 1. The predicted octanol–water partition coefficient (Wildman–Crippen LogP) is 4.26. The van der Waals surface area contributed by atoms with Crippen molar-refractivity contribution >= 4 is 23.1 Å². The summed E-state index contributed by atoms with van der Waals surface area (Å²) in [7, 11) is 0. The minimum Gasteiger partial charge on any atom is -0.294 e. The zero-order valence-electron chi connectivity index (χ0n) is 21.4. The zero-order chi connectivity index (χ0) is 25.6. The summed E-state index contributed by atoms with van der Waals surface area (Å²) < 4.78 is 3.22. The molecule has 1 fully saturated rings. The number of rotatable bonds is 5. The first-order chi connectivity index (χ1) is 17.3. The number of aromatic nitrogens is 3. The Kier molecular flexibility index (Phi) is 6.24. The molecule has 0 spiro atoms. The van der Waals surface area contributed by atoms with Crippen LogP contribution in [0.25, 0.3) is 17.0 Å². The smallest absolute Gasteiger partial charge is 0.294 e. The summed E-state index contributed by atoms with van der Waals surface area (Å²) in [5.41, 5.74) is 3.68. The van der Waals surface area contributed by atoms with Crippen LogP contribution in [0.1, 0.15) is 74.3 Å². The quantitative estimate of drug-likeness (QED) is 0.433. The van der Waals surface area contributed by atoms with Crippen molar-refractivity contribution in [1.82, 2.24) is 14.7 Å². The van der Waals surface area contributed by atoms with Gasteiger partial charge in [-0.15, -0.1) is 0 Å². The van der Waals surface area contributed by atoms with Gasteiger partial charge in [0.25, 0.3) is 17.2 Å². The van der Waals surface area contributed by atoms with Crippen molar-refractivity contribution in [2.24, 2.45) is 0 Å². The van der Waals surface area contributed by atoms with E-state index in [-0.39, 0.29) is 46.2 Å². The fraction of sp³-hybridized carbons (Fsp3) is 0.379. The molecule has 1 aliphatic heterocycles. The van der Waals surface area contributed by atoms with Gasteiger partial charge < -0.3 is 0 Å². The monoisotopic (exact) mass is 485 g/mol. The summed E-state index contributed by atoms with van der Waals surface area (Å²) in [4.78, 5) is 43.5. The second kappa shape index (κ2) is 9.37. The Bertz CT molecular complexity index is 1400. The number of para-hydroxylation sites is 1.